The van der Waals surface area contributed by atoms with Gasteiger partial charge in [-0.25, -0.2) is 0 Å². The number of ether oxygens (including phenoxy) is 1. The number of aliphatic hydroxyl groups excluding tert-OH is 1. The molecule has 0 spiro atoms. The van der Waals surface area contributed by atoms with Gasteiger partial charge in [-0.1, -0.05) is 19.3 Å². The number of rotatable bonds is 11. The van der Waals surface area contributed by atoms with Crippen molar-refractivity contribution in [3.05, 3.63) is 33.9 Å². The molecule has 0 saturated heterocycles. The fourth-order valence-electron chi connectivity index (χ4n) is 3.61. The van der Waals surface area contributed by atoms with Gasteiger partial charge in [0.15, 0.2) is 6.29 Å². The Morgan fingerprint density at radius 2 is 2.04 bits per heavy atom. The summed E-state index contributed by atoms with van der Waals surface area (Å²) in [4.78, 5) is 35.5. The molecule has 1 N–H and O–H groups in total. The number of nitro groups is 1. The number of nitro benzene ring substituents is 1. The first-order chi connectivity index (χ1) is 13.6. The van der Waals surface area contributed by atoms with Crippen LogP contribution in [0, 0.1) is 10.1 Å². The maximum absolute atomic E-state index is 12.5. The highest BCUT2D eigenvalue weighted by atomic mass is 16.6. The van der Waals surface area contributed by atoms with E-state index in [0.717, 1.165) is 25.7 Å². The molecule has 1 aromatic carbocycles. The number of unbranched alkanes of at least 4 members (excludes halogenated alkanes) is 1. The Kier molecular flexibility index (Phi) is 8.87. The van der Waals surface area contributed by atoms with Crippen molar-refractivity contribution in [2.75, 3.05) is 19.8 Å². The molecule has 0 aliphatic heterocycles. The average molecular weight is 392 g/mol. The normalized spacial score (nSPS) is 14.5. The lowest BCUT2D eigenvalue weighted by molar-refractivity contribution is -0.385. The van der Waals surface area contributed by atoms with E-state index >= 15 is 0 Å². The van der Waals surface area contributed by atoms with Crippen molar-refractivity contribution >= 4 is 17.9 Å². The summed E-state index contributed by atoms with van der Waals surface area (Å²) in [6.07, 6.45) is 7.63. The average Bonchev–Trinajstić information content (AvgIpc) is 2.71. The molecule has 1 aromatic rings. The molecule has 0 bridgehead atoms. The summed E-state index contributed by atoms with van der Waals surface area (Å²) in [5, 5.41) is 20.1. The summed E-state index contributed by atoms with van der Waals surface area (Å²) in [7, 11) is 0. The van der Waals surface area contributed by atoms with Crippen LogP contribution in [0.5, 0.6) is 5.75 Å². The van der Waals surface area contributed by atoms with Crippen molar-refractivity contribution in [1.29, 1.82) is 0 Å². The van der Waals surface area contributed by atoms with Gasteiger partial charge in [-0.05, 0) is 37.8 Å². The van der Waals surface area contributed by atoms with Crippen molar-refractivity contribution in [3.8, 4) is 5.75 Å². The van der Waals surface area contributed by atoms with Crippen LogP contribution in [0.25, 0.3) is 0 Å². The van der Waals surface area contributed by atoms with Crippen molar-refractivity contribution in [2.24, 2.45) is 0 Å². The van der Waals surface area contributed by atoms with Crippen LogP contribution in [0.1, 0.15) is 61.7 Å². The Morgan fingerprint density at radius 1 is 1.29 bits per heavy atom. The molecule has 1 aliphatic carbocycles. The first kappa shape index (κ1) is 21.8. The van der Waals surface area contributed by atoms with E-state index in [9.17, 15) is 24.8 Å². The number of benzene rings is 1. The minimum absolute atomic E-state index is 0.0233. The van der Waals surface area contributed by atoms with Gasteiger partial charge < -0.3 is 14.7 Å². The summed E-state index contributed by atoms with van der Waals surface area (Å²) in [6, 6.07) is 4.30. The second-order valence-electron chi connectivity index (χ2n) is 7.00. The minimum atomic E-state index is -0.608. The number of hydrogen-bond acceptors (Lipinski definition) is 6. The van der Waals surface area contributed by atoms with Gasteiger partial charge in [-0.15, -0.1) is 0 Å². The molecule has 8 nitrogen and oxygen atoms in total. The van der Waals surface area contributed by atoms with Gasteiger partial charge in [-0.2, -0.15) is 0 Å². The third-order valence-electron chi connectivity index (χ3n) is 5.05. The lowest BCUT2D eigenvalue weighted by Gasteiger charge is -2.34. The van der Waals surface area contributed by atoms with E-state index in [1.54, 1.807) is 0 Å². The van der Waals surface area contributed by atoms with Crippen molar-refractivity contribution in [3.63, 3.8) is 0 Å². The van der Waals surface area contributed by atoms with E-state index in [2.05, 4.69) is 0 Å². The Hall–Kier alpha value is -2.48. The predicted octanol–water partition coefficient (Wildman–Crippen LogP) is 3.11. The van der Waals surface area contributed by atoms with E-state index in [1.807, 2.05) is 4.90 Å². The zero-order valence-electron chi connectivity index (χ0n) is 16.0. The number of carbonyl (C=O) groups is 2. The van der Waals surface area contributed by atoms with Gasteiger partial charge in [-0.3, -0.25) is 19.7 Å². The first-order valence-electron chi connectivity index (χ1n) is 9.83. The van der Waals surface area contributed by atoms with E-state index in [1.165, 1.54) is 24.6 Å². The van der Waals surface area contributed by atoms with Crippen LogP contribution in [0.3, 0.4) is 0 Å². The highest BCUT2D eigenvalue weighted by molar-refractivity contribution is 5.82. The first-order valence-corrected chi connectivity index (χ1v) is 9.83. The minimum Gasteiger partial charge on any atom is -0.494 e. The highest BCUT2D eigenvalue weighted by Gasteiger charge is 2.24. The number of nitrogens with zero attached hydrogens (tertiary/aromatic N) is 2. The molecule has 0 aromatic heterocycles. The van der Waals surface area contributed by atoms with Crippen LogP contribution >= 0.6 is 0 Å². The van der Waals surface area contributed by atoms with Crippen LogP contribution in [-0.4, -0.2) is 52.9 Å². The smallest absolute Gasteiger partial charge is 0.280 e. The van der Waals surface area contributed by atoms with Crippen LogP contribution < -0.4 is 4.74 Å². The molecular weight excluding hydrogens is 364 g/mol. The number of amides is 1. The molecule has 1 aliphatic rings. The standard InChI is InChI=1S/C20H28N2O6/c23-12-11-21(17-6-2-1-3-7-17)20(25)8-4-5-13-28-18-9-10-19(22(26)27)16(14-18)15-24/h9-10,14-15,17,23H,1-8,11-13H2. The van der Waals surface area contributed by atoms with E-state index in [0.29, 0.717) is 44.4 Å². The largest absolute Gasteiger partial charge is 0.494 e. The second-order valence-corrected chi connectivity index (χ2v) is 7.00. The fraction of sp³-hybridized carbons (Fsp3) is 0.600. The molecule has 0 radical (unpaired) electrons. The Labute approximate surface area is 164 Å². The van der Waals surface area contributed by atoms with Gasteiger partial charge in [0.05, 0.1) is 23.7 Å². The van der Waals surface area contributed by atoms with Crippen molar-refractivity contribution in [1.82, 2.24) is 4.90 Å². The maximum Gasteiger partial charge on any atom is 0.280 e. The van der Waals surface area contributed by atoms with Gasteiger partial charge in [0.2, 0.25) is 5.91 Å². The van der Waals surface area contributed by atoms with Crippen LogP contribution in [0.2, 0.25) is 0 Å². The number of aldehydes is 1. The van der Waals surface area contributed by atoms with Gasteiger partial charge in [0, 0.05) is 25.1 Å². The van der Waals surface area contributed by atoms with Crippen LogP contribution in [-0.2, 0) is 4.79 Å². The Balaban J connectivity index is 1.76. The zero-order valence-corrected chi connectivity index (χ0v) is 16.0. The van der Waals surface area contributed by atoms with Gasteiger partial charge in [0.1, 0.15) is 5.75 Å². The number of aliphatic hydroxyl groups is 1. The van der Waals surface area contributed by atoms with Crippen molar-refractivity contribution < 1.29 is 24.4 Å². The monoisotopic (exact) mass is 392 g/mol. The molecule has 0 unspecified atom stereocenters. The molecule has 1 saturated carbocycles. The Morgan fingerprint density at radius 3 is 2.68 bits per heavy atom. The molecule has 2 rings (SSSR count). The fourth-order valence-corrected chi connectivity index (χ4v) is 3.61. The summed E-state index contributed by atoms with van der Waals surface area (Å²) in [6.45, 7) is 0.717. The van der Waals surface area contributed by atoms with Crippen LogP contribution in [0.15, 0.2) is 18.2 Å². The summed E-state index contributed by atoms with van der Waals surface area (Å²) < 4.78 is 5.54. The lowest BCUT2D eigenvalue weighted by atomic mass is 9.94. The van der Waals surface area contributed by atoms with E-state index < -0.39 is 4.92 Å². The zero-order chi connectivity index (χ0) is 20.4. The van der Waals surface area contributed by atoms with Gasteiger partial charge in [0.25, 0.3) is 5.69 Å². The summed E-state index contributed by atoms with van der Waals surface area (Å²) in [5.41, 5.74) is -0.274. The lowest BCUT2D eigenvalue weighted by Crippen LogP contribution is -2.43. The molecule has 0 heterocycles. The molecule has 8 heteroatoms. The quantitative estimate of drug-likeness (QED) is 0.268. The second kappa shape index (κ2) is 11.4. The third kappa shape index (κ3) is 6.30. The predicted molar refractivity (Wildman–Crippen MR) is 104 cm³/mol. The van der Waals surface area contributed by atoms with E-state index in [4.69, 9.17) is 4.74 Å². The summed E-state index contributed by atoms with van der Waals surface area (Å²) >= 11 is 0. The number of carbonyl (C=O) groups excluding carboxylic acids is 2. The molecule has 28 heavy (non-hydrogen) atoms. The van der Waals surface area contributed by atoms with Crippen LogP contribution in [0.4, 0.5) is 5.69 Å². The molecule has 1 fully saturated rings. The molecular formula is C20H28N2O6. The SMILES string of the molecule is O=Cc1cc(OCCCCC(=O)N(CCO)C2CCCCC2)ccc1[N+](=O)[O-]. The van der Waals surface area contributed by atoms with Gasteiger partial charge >= 0.3 is 0 Å². The Bertz CT molecular complexity index is 673. The molecule has 0 atom stereocenters. The maximum atomic E-state index is 12.5. The van der Waals surface area contributed by atoms with Crippen molar-refractivity contribution in [2.45, 2.75) is 57.4 Å². The third-order valence-corrected chi connectivity index (χ3v) is 5.05. The topological polar surface area (TPSA) is 110 Å². The number of hydrogen-bond donors (Lipinski definition) is 1. The molecule has 154 valence electrons. The molecule has 1 amide bonds. The highest BCUT2D eigenvalue weighted by Crippen LogP contribution is 2.24. The summed E-state index contributed by atoms with van der Waals surface area (Å²) in [5.74, 6) is 0.461. The van der Waals surface area contributed by atoms with E-state index in [-0.39, 0.29) is 29.8 Å².